The van der Waals surface area contributed by atoms with E-state index in [1.165, 1.54) is 0 Å². The molecule has 112 valence electrons. The second-order valence-corrected chi connectivity index (χ2v) is 7.65. The number of rotatable bonds is 5. The molecule has 0 saturated heterocycles. The monoisotopic (exact) mass is 297 g/mol. The summed E-state index contributed by atoms with van der Waals surface area (Å²) in [6.45, 7) is 2.40. The lowest BCUT2D eigenvalue weighted by Gasteiger charge is -2.22. The van der Waals surface area contributed by atoms with Crippen molar-refractivity contribution in [3.05, 3.63) is 23.8 Å². The molecule has 2 N–H and O–H groups in total. The molecule has 2 rings (SSSR count). The van der Waals surface area contributed by atoms with Crippen LogP contribution in [0.25, 0.3) is 0 Å². The van der Waals surface area contributed by atoms with Gasteiger partial charge in [0.1, 0.15) is 5.75 Å². The zero-order valence-electron chi connectivity index (χ0n) is 12.0. The van der Waals surface area contributed by atoms with Crippen LogP contribution in [0.4, 0.5) is 5.69 Å². The first-order valence-corrected chi connectivity index (χ1v) is 8.97. The molecule has 1 aliphatic rings. The smallest absolute Gasteiger partial charge is 0.157 e. The lowest BCUT2D eigenvalue weighted by Crippen LogP contribution is -2.25. The first kappa shape index (κ1) is 15.2. The van der Waals surface area contributed by atoms with Crippen LogP contribution in [0.2, 0.25) is 0 Å². The van der Waals surface area contributed by atoms with E-state index in [0.29, 0.717) is 23.6 Å². The highest BCUT2D eigenvalue weighted by Gasteiger charge is 2.28. The zero-order valence-corrected chi connectivity index (χ0v) is 12.8. The molecule has 1 saturated carbocycles. The van der Waals surface area contributed by atoms with Gasteiger partial charge in [0.2, 0.25) is 0 Å². The first-order chi connectivity index (χ1) is 9.53. The Morgan fingerprint density at radius 2 is 1.95 bits per heavy atom. The number of hydrogen-bond donors (Lipinski definition) is 1. The van der Waals surface area contributed by atoms with E-state index < -0.39 is 9.84 Å². The molecule has 1 aliphatic carbocycles. The summed E-state index contributed by atoms with van der Waals surface area (Å²) in [5, 5.41) is -0.202. The van der Waals surface area contributed by atoms with Crippen LogP contribution >= 0.6 is 0 Å². The highest BCUT2D eigenvalue weighted by molar-refractivity contribution is 7.91. The van der Waals surface area contributed by atoms with Crippen molar-refractivity contribution < 1.29 is 13.2 Å². The molecule has 0 heterocycles. The molecule has 0 amide bonds. The van der Waals surface area contributed by atoms with Gasteiger partial charge in [-0.1, -0.05) is 19.3 Å². The Labute approximate surface area is 121 Å². The standard InChI is InChI=1S/C15H23NO3S/c1-2-19-15-9-8-13(16)10-12(15)11-20(17,18)14-6-4-3-5-7-14/h8-10,14H,2-7,11,16H2,1H3. The Morgan fingerprint density at radius 1 is 1.25 bits per heavy atom. The van der Waals surface area contributed by atoms with Gasteiger partial charge < -0.3 is 10.5 Å². The van der Waals surface area contributed by atoms with Gasteiger partial charge >= 0.3 is 0 Å². The number of sulfone groups is 1. The minimum absolute atomic E-state index is 0.0258. The van der Waals surface area contributed by atoms with E-state index in [2.05, 4.69) is 0 Å². The van der Waals surface area contributed by atoms with Crippen LogP contribution in [0, 0.1) is 0 Å². The predicted octanol–water partition coefficient (Wildman–Crippen LogP) is 2.92. The van der Waals surface area contributed by atoms with E-state index >= 15 is 0 Å². The average molecular weight is 297 g/mol. The summed E-state index contributed by atoms with van der Waals surface area (Å²) in [7, 11) is -3.13. The summed E-state index contributed by atoms with van der Waals surface area (Å²) in [6.07, 6.45) is 4.75. The molecule has 4 nitrogen and oxygen atoms in total. The van der Waals surface area contributed by atoms with Gasteiger partial charge in [0.15, 0.2) is 9.84 Å². The van der Waals surface area contributed by atoms with Gasteiger partial charge in [-0.3, -0.25) is 0 Å². The fraction of sp³-hybridized carbons (Fsp3) is 0.600. The topological polar surface area (TPSA) is 69.4 Å². The van der Waals surface area contributed by atoms with Crippen LogP contribution in [0.15, 0.2) is 18.2 Å². The molecular formula is C15H23NO3S. The van der Waals surface area contributed by atoms with Crippen molar-refractivity contribution >= 4 is 15.5 Å². The molecule has 0 aromatic heterocycles. The molecule has 1 fully saturated rings. The van der Waals surface area contributed by atoms with Gasteiger partial charge in [-0.25, -0.2) is 8.42 Å². The van der Waals surface area contributed by atoms with E-state index in [-0.39, 0.29) is 11.0 Å². The van der Waals surface area contributed by atoms with Gasteiger partial charge in [-0.15, -0.1) is 0 Å². The van der Waals surface area contributed by atoms with Crippen LogP contribution < -0.4 is 10.5 Å². The quantitative estimate of drug-likeness (QED) is 0.848. The minimum atomic E-state index is -3.13. The van der Waals surface area contributed by atoms with Gasteiger partial charge in [0.25, 0.3) is 0 Å². The van der Waals surface area contributed by atoms with Crippen LogP contribution in [-0.4, -0.2) is 20.3 Å². The average Bonchev–Trinajstić information content (AvgIpc) is 2.43. The van der Waals surface area contributed by atoms with Crippen LogP contribution in [0.5, 0.6) is 5.75 Å². The van der Waals surface area contributed by atoms with Gasteiger partial charge in [-0.2, -0.15) is 0 Å². The first-order valence-electron chi connectivity index (χ1n) is 7.25. The van der Waals surface area contributed by atoms with Crippen LogP contribution in [-0.2, 0) is 15.6 Å². The number of hydrogen-bond acceptors (Lipinski definition) is 4. The maximum absolute atomic E-state index is 12.5. The zero-order chi connectivity index (χ0) is 14.6. The lowest BCUT2D eigenvalue weighted by atomic mass is 10.0. The fourth-order valence-electron chi connectivity index (χ4n) is 2.77. The lowest BCUT2D eigenvalue weighted by molar-refractivity contribution is 0.337. The summed E-state index contributed by atoms with van der Waals surface area (Å²) in [4.78, 5) is 0. The van der Waals surface area contributed by atoms with Crippen molar-refractivity contribution in [2.24, 2.45) is 0 Å². The minimum Gasteiger partial charge on any atom is -0.494 e. The summed E-state index contributed by atoms with van der Waals surface area (Å²) >= 11 is 0. The predicted molar refractivity (Wildman–Crippen MR) is 81.5 cm³/mol. The molecular weight excluding hydrogens is 274 g/mol. The number of ether oxygens (including phenoxy) is 1. The van der Waals surface area contributed by atoms with Crippen molar-refractivity contribution in [2.45, 2.75) is 50.0 Å². The molecule has 1 aromatic carbocycles. The van der Waals surface area contributed by atoms with Crippen LogP contribution in [0.3, 0.4) is 0 Å². The summed E-state index contributed by atoms with van der Waals surface area (Å²) in [5.41, 5.74) is 7.02. The fourth-order valence-corrected chi connectivity index (χ4v) is 4.71. The summed E-state index contributed by atoms with van der Waals surface area (Å²) < 4.78 is 30.6. The van der Waals surface area contributed by atoms with Gasteiger partial charge in [0, 0.05) is 11.3 Å². The SMILES string of the molecule is CCOc1ccc(N)cc1CS(=O)(=O)C1CCCCC1. The van der Waals surface area contributed by atoms with E-state index in [0.717, 1.165) is 32.1 Å². The Hall–Kier alpha value is -1.23. The van der Waals surface area contributed by atoms with Gasteiger partial charge in [0.05, 0.1) is 17.6 Å². The Balaban J connectivity index is 2.21. The molecule has 5 heteroatoms. The Kier molecular flexibility index (Phi) is 4.91. The van der Waals surface area contributed by atoms with E-state index in [9.17, 15) is 8.42 Å². The van der Waals surface area contributed by atoms with Crippen molar-refractivity contribution in [2.75, 3.05) is 12.3 Å². The van der Waals surface area contributed by atoms with Crippen LogP contribution in [0.1, 0.15) is 44.6 Å². The highest BCUT2D eigenvalue weighted by Crippen LogP contribution is 2.29. The third-order valence-corrected chi connectivity index (χ3v) is 6.00. The Morgan fingerprint density at radius 3 is 2.60 bits per heavy atom. The largest absolute Gasteiger partial charge is 0.494 e. The number of nitrogens with two attached hydrogens (primary N) is 1. The molecule has 0 spiro atoms. The highest BCUT2D eigenvalue weighted by atomic mass is 32.2. The van der Waals surface area contributed by atoms with Crippen molar-refractivity contribution in [3.8, 4) is 5.75 Å². The summed E-state index contributed by atoms with van der Waals surface area (Å²) in [6, 6.07) is 5.21. The second-order valence-electron chi connectivity index (χ2n) is 5.37. The Bertz CT molecular complexity index is 548. The molecule has 20 heavy (non-hydrogen) atoms. The van der Waals surface area contributed by atoms with Gasteiger partial charge in [-0.05, 0) is 38.0 Å². The van der Waals surface area contributed by atoms with E-state index in [4.69, 9.17) is 10.5 Å². The molecule has 1 aromatic rings. The molecule has 0 bridgehead atoms. The molecule has 0 atom stereocenters. The van der Waals surface area contributed by atoms with E-state index in [1.807, 2.05) is 6.92 Å². The summed E-state index contributed by atoms with van der Waals surface area (Å²) in [5.74, 6) is 0.652. The maximum atomic E-state index is 12.5. The number of anilines is 1. The van der Waals surface area contributed by atoms with Crippen molar-refractivity contribution in [1.29, 1.82) is 0 Å². The molecule has 0 unspecified atom stereocenters. The number of nitrogen functional groups attached to an aromatic ring is 1. The maximum Gasteiger partial charge on any atom is 0.157 e. The van der Waals surface area contributed by atoms with E-state index in [1.54, 1.807) is 18.2 Å². The van der Waals surface area contributed by atoms with Crippen molar-refractivity contribution in [3.63, 3.8) is 0 Å². The third kappa shape index (κ3) is 3.66. The normalized spacial score (nSPS) is 17.1. The molecule has 0 aliphatic heterocycles. The second kappa shape index (κ2) is 6.48. The number of benzene rings is 1. The molecule has 0 radical (unpaired) electrons. The third-order valence-electron chi connectivity index (χ3n) is 3.80. The van der Waals surface area contributed by atoms with Crippen molar-refractivity contribution in [1.82, 2.24) is 0 Å².